The average Bonchev–Trinajstić information content (AvgIpc) is 2.23. The molecule has 0 spiro atoms. The van der Waals surface area contributed by atoms with E-state index in [9.17, 15) is 4.79 Å². The quantitative estimate of drug-likeness (QED) is 0.432. The monoisotopic (exact) mass is 336 g/mol. The zero-order chi connectivity index (χ0) is 12.7. The van der Waals surface area contributed by atoms with Crippen molar-refractivity contribution >= 4 is 9.48 Å². The van der Waals surface area contributed by atoms with Gasteiger partial charge in [0.05, 0.1) is 0 Å². The van der Waals surface area contributed by atoms with E-state index >= 15 is 0 Å². The van der Waals surface area contributed by atoms with E-state index in [-0.39, 0.29) is 3.79 Å². The molecule has 0 aliphatic heterocycles. The maximum absolute atomic E-state index is 11.2. The first-order valence-electron chi connectivity index (χ1n) is 5.17. The van der Waals surface area contributed by atoms with Crippen LogP contribution >= 0.6 is 0 Å². The number of carbonyl (C=O) groups excluding carboxylic acids is 1. The molecule has 1 rings (SSSR count). The number of benzene rings is 1. The molecule has 0 saturated heterocycles. The van der Waals surface area contributed by atoms with Crippen molar-refractivity contribution in [2.45, 2.75) is 34.1 Å². The standard InChI is InChI=1S/C9H11INO2.C3H8/c1-5-3-7(9(12)10-13)8(11)4-6(5)2;1-3-2/h3-4,13H,11H2,1-2H3;3H2,1-2H3/q-1;. The molecule has 1 aromatic rings. The third-order valence-electron chi connectivity index (χ3n) is 1.95. The van der Waals surface area contributed by atoms with Crippen molar-refractivity contribution in [1.82, 2.24) is 0 Å². The van der Waals surface area contributed by atoms with E-state index in [2.05, 4.69) is 13.8 Å². The number of rotatable bonds is 2. The van der Waals surface area contributed by atoms with Gasteiger partial charge in [0.25, 0.3) is 0 Å². The van der Waals surface area contributed by atoms with E-state index in [1.54, 1.807) is 12.1 Å². The van der Waals surface area contributed by atoms with Crippen molar-refractivity contribution in [2.24, 2.45) is 0 Å². The summed E-state index contributed by atoms with van der Waals surface area (Å²) >= 11 is -1.39. The van der Waals surface area contributed by atoms with Gasteiger partial charge in [-0.15, -0.1) is 0 Å². The van der Waals surface area contributed by atoms with Crippen LogP contribution in [0.4, 0.5) is 5.69 Å². The third kappa shape index (κ3) is 4.49. The van der Waals surface area contributed by atoms with Gasteiger partial charge in [0.1, 0.15) is 0 Å². The van der Waals surface area contributed by atoms with Gasteiger partial charge in [-0.1, -0.05) is 20.3 Å². The van der Waals surface area contributed by atoms with E-state index in [0.29, 0.717) is 11.3 Å². The molecule has 0 radical (unpaired) electrons. The summed E-state index contributed by atoms with van der Waals surface area (Å²) in [7, 11) is 0. The van der Waals surface area contributed by atoms with Gasteiger partial charge < -0.3 is 0 Å². The summed E-state index contributed by atoms with van der Waals surface area (Å²) in [5, 5.41) is 0. The topological polar surface area (TPSA) is 63.3 Å². The molecule has 0 aromatic heterocycles. The van der Waals surface area contributed by atoms with Crippen LogP contribution in [0.25, 0.3) is 0 Å². The number of anilines is 1. The summed E-state index contributed by atoms with van der Waals surface area (Å²) in [5.74, 6) is 0. The number of hydrogen-bond acceptors (Lipinski definition) is 3. The molecule has 0 amide bonds. The Labute approximate surface area is 108 Å². The van der Waals surface area contributed by atoms with Gasteiger partial charge in [0, 0.05) is 0 Å². The number of hydrogen-bond donors (Lipinski definition) is 2. The van der Waals surface area contributed by atoms with Crippen LogP contribution < -0.4 is 27.4 Å². The minimum absolute atomic E-state index is 0.223. The number of nitrogen functional groups attached to an aromatic ring is 1. The first-order chi connectivity index (χ1) is 7.47. The normalized spacial score (nSPS) is 9.56. The second kappa shape index (κ2) is 7.62. The fourth-order valence-electron chi connectivity index (χ4n) is 1.05. The molecular formula is C12H19INO2-. The van der Waals surface area contributed by atoms with Gasteiger partial charge in [0.2, 0.25) is 0 Å². The molecule has 0 fully saturated rings. The van der Waals surface area contributed by atoms with Gasteiger partial charge in [-0.25, -0.2) is 0 Å². The Kier molecular flexibility index (Phi) is 7.33. The number of nitrogens with two attached hydrogens (primary N) is 1. The van der Waals surface area contributed by atoms with E-state index in [0.717, 1.165) is 11.1 Å². The Bertz CT molecular complexity index is 364. The Morgan fingerprint density at radius 3 is 2.19 bits per heavy atom. The molecule has 4 heteroatoms. The van der Waals surface area contributed by atoms with Crippen LogP contribution in [0.2, 0.25) is 0 Å². The molecule has 0 atom stereocenters. The van der Waals surface area contributed by atoms with Crippen LogP contribution in [0, 0.1) is 13.8 Å². The molecule has 16 heavy (non-hydrogen) atoms. The maximum atomic E-state index is 11.2. The summed E-state index contributed by atoms with van der Waals surface area (Å²) < 4.78 is 8.55. The van der Waals surface area contributed by atoms with Crippen molar-refractivity contribution in [3.8, 4) is 0 Å². The first kappa shape index (κ1) is 15.4. The summed E-state index contributed by atoms with van der Waals surface area (Å²) in [6, 6.07) is 3.50. The SMILES string of the molecule is CCC.Cc1cc(N)c(C(=O)[I-]O)cc1C. The molecule has 3 N–H and O–H groups in total. The molecule has 0 unspecified atom stereocenters. The Morgan fingerprint density at radius 1 is 1.31 bits per heavy atom. The zero-order valence-corrected chi connectivity index (χ0v) is 12.3. The van der Waals surface area contributed by atoms with Crippen LogP contribution in [0.15, 0.2) is 12.1 Å². The van der Waals surface area contributed by atoms with Gasteiger partial charge in [0.15, 0.2) is 0 Å². The fraction of sp³-hybridized carbons (Fsp3) is 0.417. The Balaban J connectivity index is 0.000000673. The van der Waals surface area contributed by atoms with Crippen LogP contribution in [0.3, 0.4) is 0 Å². The molecule has 92 valence electrons. The van der Waals surface area contributed by atoms with Gasteiger partial charge in [-0.3, -0.25) is 0 Å². The van der Waals surface area contributed by atoms with Crippen LogP contribution in [-0.2, 0) is 0 Å². The van der Waals surface area contributed by atoms with Gasteiger partial charge >= 0.3 is 87.7 Å². The molecule has 3 nitrogen and oxygen atoms in total. The summed E-state index contributed by atoms with van der Waals surface area (Å²) in [6.45, 7) is 8.11. The molecule has 0 heterocycles. The van der Waals surface area contributed by atoms with E-state index in [4.69, 9.17) is 9.17 Å². The van der Waals surface area contributed by atoms with E-state index in [1.165, 1.54) is 6.42 Å². The number of halogens is 1. The molecule has 0 aliphatic carbocycles. The third-order valence-corrected chi connectivity index (χ3v) is 2.97. The van der Waals surface area contributed by atoms with Crippen molar-refractivity contribution in [1.29, 1.82) is 0 Å². The summed E-state index contributed by atoms with van der Waals surface area (Å²) in [6.07, 6.45) is 1.25. The van der Waals surface area contributed by atoms with Crippen molar-refractivity contribution in [3.63, 3.8) is 0 Å². The van der Waals surface area contributed by atoms with Crippen molar-refractivity contribution < 1.29 is 29.9 Å². The molecule has 1 aromatic carbocycles. The van der Waals surface area contributed by atoms with Gasteiger partial charge in [-0.05, 0) is 0 Å². The first-order valence-corrected chi connectivity index (χ1v) is 7.21. The summed E-state index contributed by atoms with van der Waals surface area (Å²) in [4.78, 5) is 11.2. The van der Waals surface area contributed by atoms with Crippen LogP contribution in [-0.4, -0.2) is 7.23 Å². The second-order valence-electron chi connectivity index (χ2n) is 3.59. The number of aryl methyl sites for hydroxylation is 2. The molecule has 0 aliphatic rings. The van der Waals surface area contributed by atoms with Gasteiger partial charge in [-0.2, -0.15) is 0 Å². The van der Waals surface area contributed by atoms with Crippen molar-refractivity contribution in [3.05, 3.63) is 28.8 Å². The summed E-state index contributed by atoms with van der Waals surface area (Å²) in [5.41, 5.74) is 8.65. The predicted octanol–water partition coefficient (Wildman–Crippen LogP) is -0.562. The molecular weight excluding hydrogens is 317 g/mol. The molecule has 0 saturated carbocycles. The minimum atomic E-state index is -1.39. The second-order valence-corrected chi connectivity index (χ2v) is 5.05. The average molecular weight is 336 g/mol. The van der Waals surface area contributed by atoms with Crippen LogP contribution in [0.5, 0.6) is 0 Å². The number of carbonyl (C=O) groups is 1. The van der Waals surface area contributed by atoms with Crippen molar-refractivity contribution in [2.75, 3.05) is 5.73 Å². The van der Waals surface area contributed by atoms with E-state index < -0.39 is 21.6 Å². The van der Waals surface area contributed by atoms with Crippen LogP contribution in [0.1, 0.15) is 41.8 Å². The Morgan fingerprint density at radius 2 is 1.75 bits per heavy atom. The van der Waals surface area contributed by atoms with E-state index in [1.807, 2.05) is 13.8 Å². The zero-order valence-electron chi connectivity index (χ0n) is 10.2. The Hall–Kier alpha value is -0.620. The predicted molar refractivity (Wildman–Crippen MR) is 62.8 cm³/mol. The molecule has 0 bridgehead atoms. The fourth-order valence-corrected chi connectivity index (χ4v) is 1.78.